The van der Waals surface area contributed by atoms with Crippen molar-refractivity contribution in [2.75, 3.05) is 13.1 Å². The number of aliphatic hydroxyl groups is 1. The van der Waals surface area contributed by atoms with E-state index in [2.05, 4.69) is 20.8 Å². The Morgan fingerprint density at radius 3 is 2.53 bits per heavy atom. The van der Waals surface area contributed by atoms with Crippen LogP contribution in [0.2, 0.25) is 0 Å². The summed E-state index contributed by atoms with van der Waals surface area (Å²) in [5, 5.41) is 9.25. The average Bonchev–Trinajstić information content (AvgIpc) is 2.05. The normalized spacial score (nSPS) is 25.5. The van der Waals surface area contributed by atoms with Gasteiger partial charge in [-0.05, 0) is 24.7 Å². The first kappa shape index (κ1) is 12.5. The fourth-order valence-corrected chi connectivity index (χ4v) is 2.13. The molecule has 1 rings (SSSR count). The van der Waals surface area contributed by atoms with E-state index in [1.807, 2.05) is 0 Å². The van der Waals surface area contributed by atoms with Gasteiger partial charge in [0.15, 0.2) is 0 Å². The lowest BCUT2D eigenvalue weighted by Gasteiger charge is -2.38. The van der Waals surface area contributed by atoms with Gasteiger partial charge in [0.1, 0.15) is 0 Å². The minimum Gasteiger partial charge on any atom is -0.392 e. The average molecular weight is 213 g/mol. The van der Waals surface area contributed by atoms with Gasteiger partial charge in [0.2, 0.25) is 5.91 Å². The summed E-state index contributed by atoms with van der Waals surface area (Å²) < 4.78 is 0. The maximum Gasteiger partial charge on any atom is 0.222 e. The molecule has 1 fully saturated rings. The molecule has 1 N–H and O–H groups in total. The highest BCUT2D eigenvalue weighted by molar-refractivity contribution is 5.77. The van der Waals surface area contributed by atoms with Gasteiger partial charge in [-0.15, -0.1) is 0 Å². The van der Waals surface area contributed by atoms with Crippen molar-refractivity contribution in [3.05, 3.63) is 0 Å². The number of piperidine rings is 1. The standard InChI is InChI=1S/C12H23NO2/c1-9(14)8-13-6-5-10(7-11(13)15)12(2,3)4/h9-10,14H,5-8H2,1-4H3. The molecule has 1 saturated heterocycles. The second-order valence-corrected chi connectivity index (χ2v) is 5.74. The first-order valence-electron chi connectivity index (χ1n) is 5.76. The Balaban J connectivity index is 2.52. The van der Waals surface area contributed by atoms with Crippen molar-refractivity contribution in [2.24, 2.45) is 11.3 Å². The van der Waals surface area contributed by atoms with Crippen LogP contribution in [0, 0.1) is 11.3 Å². The summed E-state index contributed by atoms with van der Waals surface area (Å²) in [6.45, 7) is 9.57. The maximum absolute atomic E-state index is 11.8. The lowest BCUT2D eigenvalue weighted by atomic mass is 9.75. The molecule has 0 bridgehead atoms. The van der Waals surface area contributed by atoms with E-state index in [9.17, 15) is 9.90 Å². The monoisotopic (exact) mass is 213 g/mol. The summed E-state index contributed by atoms with van der Waals surface area (Å²) in [4.78, 5) is 13.6. The third kappa shape index (κ3) is 3.49. The van der Waals surface area contributed by atoms with E-state index >= 15 is 0 Å². The Bertz CT molecular complexity index is 230. The minimum atomic E-state index is -0.417. The number of hydrogen-bond donors (Lipinski definition) is 1. The summed E-state index contributed by atoms with van der Waals surface area (Å²) in [5.74, 6) is 0.678. The van der Waals surface area contributed by atoms with E-state index in [4.69, 9.17) is 0 Å². The fourth-order valence-electron chi connectivity index (χ4n) is 2.13. The Morgan fingerprint density at radius 2 is 2.13 bits per heavy atom. The number of aliphatic hydroxyl groups excluding tert-OH is 1. The van der Waals surface area contributed by atoms with Gasteiger partial charge < -0.3 is 10.0 Å². The van der Waals surface area contributed by atoms with Crippen LogP contribution in [-0.2, 0) is 4.79 Å². The second-order valence-electron chi connectivity index (χ2n) is 5.74. The van der Waals surface area contributed by atoms with Crippen molar-refractivity contribution in [3.8, 4) is 0 Å². The van der Waals surface area contributed by atoms with Gasteiger partial charge in [0, 0.05) is 19.5 Å². The van der Waals surface area contributed by atoms with Crippen LogP contribution < -0.4 is 0 Å². The van der Waals surface area contributed by atoms with E-state index in [0.717, 1.165) is 13.0 Å². The van der Waals surface area contributed by atoms with Crippen LogP contribution in [0.4, 0.5) is 0 Å². The number of nitrogens with zero attached hydrogens (tertiary/aromatic N) is 1. The van der Waals surface area contributed by atoms with E-state index in [0.29, 0.717) is 18.9 Å². The minimum absolute atomic E-state index is 0.196. The van der Waals surface area contributed by atoms with Gasteiger partial charge in [-0.1, -0.05) is 20.8 Å². The lowest BCUT2D eigenvalue weighted by Crippen LogP contribution is -2.44. The molecule has 0 aromatic rings. The summed E-state index contributed by atoms with van der Waals surface area (Å²) in [6.07, 6.45) is 1.28. The molecule has 2 unspecified atom stereocenters. The largest absolute Gasteiger partial charge is 0.392 e. The third-order valence-corrected chi connectivity index (χ3v) is 3.23. The highest BCUT2D eigenvalue weighted by Gasteiger charge is 2.33. The number of likely N-dealkylation sites (tertiary alicyclic amines) is 1. The molecule has 3 nitrogen and oxygen atoms in total. The predicted octanol–water partition coefficient (Wildman–Crippen LogP) is 1.65. The molecule has 0 aromatic heterocycles. The highest BCUT2D eigenvalue weighted by atomic mass is 16.3. The molecule has 15 heavy (non-hydrogen) atoms. The first-order chi connectivity index (χ1) is 6.80. The Morgan fingerprint density at radius 1 is 1.53 bits per heavy atom. The molecule has 1 amide bonds. The molecule has 1 heterocycles. The van der Waals surface area contributed by atoms with Crippen molar-refractivity contribution in [1.82, 2.24) is 4.90 Å². The molecule has 0 saturated carbocycles. The maximum atomic E-state index is 11.8. The number of amides is 1. The topological polar surface area (TPSA) is 40.5 Å². The van der Waals surface area contributed by atoms with E-state index in [1.165, 1.54) is 0 Å². The van der Waals surface area contributed by atoms with Crippen molar-refractivity contribution in [2.45, 2.75) is 46.6 Å². The quantitative estimate of drug-likeness (QED) is 0.757. The van der Waals surface area contributed by atoms with Crippen LogP contribution in [0.15, 0.2) is 0 Å². The Labute approximate surface area is 92.5 Å². The van der Waals surface area contributed by atoms with Gasteiger partial charge in [-0.2, -0.15) is 0 Å². The number of hydrogen-bond acceptors (Lipinski definition) is 2. The Kier molecular flexibility index (Phi) is 3.77. The van der Waals surface area contributed by atoms with Crippen LogP contribution in [0.25, 0.3) is 0 Å². The molecule has 2 atom stereocenters. The smallest absolute Gasteiger partial charge is 0.222 e. The molecule has 0 aromatic carbocycles. The van der Waals surface area contributed by atoms with Crippen LogP contribution in [0.3, 0.4) is 0 Å². The molecular formula is C12H23NO2. The van der Waals surface area contributed by atoms with E-state index in [-0.39, 0.29) is 11.3 Å². The SMILES string of the molecule is CC(O)CN1CCC(C(C)(C)C)CC1=O. The number of carbonyl (C=O) groups excluding carboxylic acids is 1. The molecule has 3 heteroatoms. The molecule has 1 aliphatic rings. The zero-order valence-electron chi connectivity index (χ0n) is 10.3. The number of β-amino-alcohol motifs (C(OH)–C–C–N with tert-alkyl or cyclic N) is 1. The summed E-state index contributed by atoms with van der Waals surface area (Å²) >= 11 is 0. The molecular weight excluding hydrogens is 190 g/mol. The summed E-state index contributed by atoms with van der Waals surface area (Å²) in [5.41, 5.74) is 0.215. The molecule has 0 radical (unpaired) electrons. The molecule has 0 spiro atoms. The Hall–Kier alpha value is -0.570. The van der Waals surface area contributed by atoms with Crippen LogP contribution in [0.5, 0.6) is 0 Å². The zero-order valence-corrected chi connectivity index (χ0v) is 10.3. The van der Waals surface area contributed by atoms with Gasteiger partial charge >= 0.3 is 0 Å². The molecule has 1 aliphatic heterocycles. The summed E-state index contributed by atoms with van der Waals surface area (Å²) in [6, 6.07) is 0. The van der Waals surface area contributed by atoms with Crippen molar-refractivity contribution < 1.29 is 9.90 Å². The second kappa shape index (κ2) is 4.52. The third-order valence-electron chi connectivity index (χ3n) is 3.23. The van der Waals surface area contributed by atoms with Gasteiger partial charge in [0.25, 0.3) is 0 Å². The highest BCUT2D eigenvalue weighted by Crippen LogP contribution is 2.34. The molecule has 88 valence electrons. The van der Waals surface area contributed by atoms with Crippen molar-refractivity contribution >= 4 is 5.91 Å². The van der Waals surface area contributed by atoms with E-state index < -0.39 is 6.10 Å². The molecule has 0 aliphatic carbocycles. The van der Waals surface area contributed by atoms with Gasteiger partial charge in [-0.25, -0.2) is 0 Å². The van der Waals surface area contributed by atoms with Gasteiger partial charge in [-0.3, -0.25) is 4.79 Å². The number of carbonyl (C=O) groups is 1. The van der Waals surface area contributed by atoms with Crippen LogP contribution >= 0.6 is 0 Å². The number of rotatable bonds is 2. The summed E-state index contributed by atoms with van der Waals surface area (Å²) in [7, 11) is 0. The van der Waals surface area contributed by atoms with Crippen molar-refractivity contribution in [1.29, 1.82) is 0 Å². The lowest BCUT2D eigenvalue weighted by molar-refractivity contribution is -0.138. The zero-order chi connectivity index (χ0) is 11.6. The fraction of sp³-hybridized carbons (Fsp3) is 0.917. The van der Waals surface area contributed by atoms with Crippen LogP contribution in [-0.4, -0.2) is 35.1 Å². The predicted molar refractivity (Wildman–Crippen MR) is 60.4 cm³/mol. The first-order valence-corrected chi connectivity index (χ1v) is 5.76. The van der Waals surface area contributed by atoms with Crippen LogP contribution in [0.1, 0.15) is 40.5 Å². The van der Waals surface area contributed by atoms with E-state index in [1.54, 1.807) is 11.8 Å². The van der Waals surface area contributed by atoms with Crippen molar-refractivity contribution in [3.63, 3.8) is 0 Å². The van der Waals surface area contributed by atoms with Gasteiger partial charge in [0.05, 0.1) is 6.10 Å².